The summed E-state index contributed by atoms with van der Waals surface area (Å²) in [7, 11) is 5.34. The summed E-state index contributed by atoms with van der Waals surface area (Å²) in [5, 5.41) is 0. The molecule has 2 heterocycles. The lowest BCUT2D eigenvalue weighted by Crippen LogP contribution is -2.58. The molecule has 0 radical (unpaired) electrons. The molecule has 0 aliphatic carbocycles. The SMILES string of the molecule is CN(C)C(=O)C1CN(C(=O)c2cnccn2)CCN1C. The molecular weight excluding hydrogens is 258 g/mol. The van der Waals surface area contributed by atoms with E-state index in [1.54, 1.807) is 23.9 Å². The minimum Gasteiger partial charge on any atom is -0.347 e. The molecule has 1 aromatic heterocycles. The molecule has 1 fully saturated rings. The highest BCUT2D eigenvalue weighted by atomic mass is 16.2. The van der Waals surface area contributed by atoms with Crippen LogP contribution in [-0.2, 0) is 4.79 Å². The maximum Gasteiger partial charge on any atom is 0.274 e. The Balaban J connectivity index is 2.11. The van der Waals surface area contributed by atoms with E-state index in [0.717, 1.165) is 0 Å². The van der Waals surface area contributed by atoms with Crippen LogP contribution < -0.4 is 0 Å². The third kappa shape index (κ3) is 2.93. The standard InChI is InChI=1S/C13H19N5O2/c1-16(2)13(20)11-9-18(7-6-17(11)3)12(19)10-8-14-4-5-15-10/h4-5,8,11H,6-7,9H2,1-3H3. The van der Waals surface area contributed by atoms with E-state index in [9.17, 15) is 9.59 Å². The molecule has 0 spiro atoms. The van der Waals surface area contributed by atoms with Crippen molar-refractivity contribution in [2.75, 3.05) is 40.8 Å². The summed E-state index contributed by atoms with van der Waals surface area (Å²) in [5.74, 6) is -0.174. The Morgan fingerprint density at radius 2 is 2.05 bits per heavy atom. The van der Waals surface area contributed by atoms with E-state index in [0.29, 0.717) is 25.3 Å². The summed E-state index contributed by atoms with van der Waals surface area (Å²) in [4.78, 5) is 37.6. The van der Waals surface area contributed by atoms with Crippen molar-refractivity contribution in [1.29, 1.82) is 0 Å². The van der Waals surface area contributed by atoms with Crippen molar-refractivity contribution in [3.8, 4) is 0 Å². The summed E-state index contributed by atoms with van der Waals surface area (Å²) in [6.45, 7) is 1.63. The van der Waals surface area contributed by atoms with E-state index in [1.165, 1.54) is 18.6 Å². The Kier molecular flexibility index (Phi) is 4.29. The third-order valence-electron chi connectivity index (χ3n) is 3.44. The molecule has 0 bridgehead atoms. The zero-order valence-electron chi connectivity index (χ0n) is 12.0. The van der Waals surface area contributed by atoms with Crippen LogP contribution >= 0.6 is 0 Å². The summed E-state index contributed by atoms with van der Waals surface area (Å²) in [6, 6.07) is -0.306. The fourth-order valence-corrected chi connectivity index (χ4v) is 2.19. The monoisotopic (exact) mass is 277 g/mol. The van der Waals surface area contributed by atoms with E-state index in [-0.39, 0.29) is 17.9 Å². The van der Waals surface area contributed by atoms with Crippen LogP contribution in [0.5, 0.6) is 0 Å². The van der Waals surface area contributed by atoms with E-state index in [2.05, 4.69) is 9.97 Å². The zero-order valence-corrected chi connectivity index (χ0v) is 12.0. The van der Waals surface area contributed by atoms with Gasteiger partial charge in [-0.25, -0.2) is 4.98 Å². The summed E-state index contributed by atoms with van der Waals surface area (Å²) < 4.78 is 0. The smallest absolute Gasteiger partial charge is 0.274 e. The molecule has 1 atom stereocenters. The molecule has 0 saturated carbocycles. The van der Waals surface area contributed by atoms with Crippen molar-refractivity contribution in [2.45, 2.75) is 6.04 Å². The second-order valence-electron chi connectivity index (χ2n) is 5.07. The van der Waals surface area contributed by atoms with Gasteiger partial charge < -0.3 is 9.80 Å². The number of piperazine rings is 1. The maximum atomic E-state index is 12.3. The van der Waals surface area contributed by atoms with Gasteiger partial charge in [0.25, 0.3) is 5.91 Å². The normalized spacial score (nSPS) is 19.8. The number of aromatic nitrogens is 2. The van der Waals surface area contributed by atoms with E-state index in [4.69, 9.17) is 0 Å². The molecule has 108 valence electrons. The number of rotatable bonds is 2. The van der Waals surface area contributed by atoms with Crippen molar-refractivity contribution < 1.29 is 9.59 Å². The number of hydrogen-bond acceptors (Lipinski definition) is 5. The first-order chi connectivity index (χ1) is 9.50. The van der Waals surface area contributed by atoms with Gasteiger partial charge in [0.15, 0.2) is 0 Å². The van der Waals surface area contributed by atoms with Gasteiger partial charge in [-0.3, -0.25) is 19.5 Å². The largest absolute Gasteiger partial charge is 0.347 e. The first-order valence-electron chi connectivity index (χ1n) is 6.47. The molecule has 2 rings (SSSR count). The van der Waals surface area contributed by atoms with Crippen LogP contribution in [0.4, 0.5) is 0 Å². The molecular formula is C13H19N5O2. The van der Waals surface area contributed by atoms with Gasteiger partial charge in [-0.05, 0) is 7.05 Å². The fraction of sp³-hybridized carbons (Fsp3) is 0.538. The molecule has 1 aromatic rings. The first-order valence-corrected chi connectivity index (χ1v) is 6.47. The van der Waals surface area contributed by atoms with Crippen molar-refractivity contribution in [3.63, 3.8) is 0 Å². The van der Waals surface area contributed by atoms with Crippen LogP contribution in [0.2, 0.25) is 0 Å². The van der Waals surface area contributed by atoms with Gasteiger partial charge in [0.1, 0.15) is 11.7 Å². The topological polar surface area (TPSA) is 69.6 Å². The van der Waals surface area contributed by atoms with E-state index >= 15 is 0 Å². The molecule has 0 aromatic carbocycles. The highest BCUT2D eigenvalue weighted by Gasteiger charge is 2.33. The Hall–Kier alpha value is -2.02. The Labute approximate surface area is 118 Å². The number of likely N-dealkylation sites (N-methyl/N-ethyl adjacent to an activating group) is 2. The molecule has 7 nitrogen and oxygen atoms in total. The number of carbonyl (C=O) groups is 2. The summed E-state index contributed by atoms with van der Waals surface area (Å²) in [6.07, 6.45) is 4.47. The Bertz CT molecular complexity index is 491. The van der Waals surface area contributed by atoms with Crippen molar-refractivity contribution in [3.05, 3.63) is 24.3 Å². The van der Waals surface area contributed by atoms with Gasteiger partial charge in [-0.15, -0.1) is 0 Å². The van der Waals surface area contributed by atoms with Crippen LogP contribution in [0.15, 0.2) is 18.6 Å². The lowest BCUT2D eigenvalue weighted by atomic mass is 10.1. The van der Waals surface area contributed by atoms with E-state index in [1.807, 2.05) is 11.9 Å². The molecule has 1 aliphatic rings. The number of hydrogen-bond donors (Lipinski definition) is 0. The van der Waals surface area contributed by atoms with Crippen LogP contribution in [0, 0.1) is 0 Å². The zero-order chi connectivity index (χ0) is 14.7. The number of carbonyl (C=O) groups excluding carboxylic acids is 2. The average Bonchev–Trinajstić information content (AvgIpc) is 2.47. The van der Waals surface area contributed by atoms with Gasteiger partial charge >= 0.3 is 0 Å². The van der Waals surface area contributed by atoms with Gasteiger partial charge in [0.05, 0.1) is 6.20 Å². The molecule has 1 unspecified atom stereocenters. The lowest BCUT2D eigenvalue weighted by molar-refractivity contribution is -0.135. The van der Waals surface area contributed by atoms with Gasteiger partial charge in [-0.2, -0.15) is 0 Å². The minimum atomic E-state index is -0.306. The predicted octanol–water partition coefficient (Wildman–Crippen LogP) is -0.679. The fourth-order valence-electron chi connectivity index (χ4n) is 2.19. The van der Waals surface area contributed by atoms with Crippen molar-refractivity contribution >= 4 is 11.8 Å². The van der Waals surface area contributed by atoms with Gasteiger partial charge in [0, 0.05) is 46.1 Å². The Morgan fingerprint density at radius 1 is 1.30 bits per heavy atom. The quantitative estimate of drug-likeness (QED) is 0.716. The maximum absolute atomic E-state index is 12.3. The third-order valence-corrected chi connectivity index (χ3v) is 3.44. The first kappa shape index (κ1) is 14.4. The minimum absolute atomic E-state index is 0.00384. The molecule has 1 aliphatic heterocycles. The van der Waals surface area contributed by atoms with Crippen LogP contribution in [0.3, 0.4) is 0 Å². The second-order valence-corrected chi connectivity index (χ2v) is 5.07. The Morgan fingerprint density at radius 3 is 2.65 bits per heavy atom. The van der Waals surface area contributed by atoms with Gasteiger partial charge in [0.2, 0.25) is 5.91 Å². The van der Waals surface area contributed by atoms with Crippen LogP contribution in [0.1, 0.15) is 10.5 Å². The van der Waals surface area contributed by atoms with Crippen LogP contribution in [0.25, 0.3) is 0 Å². The molecule has 0 N–H and O–H groups in total. The highest BCUT2D eigenvalue weighted by Crippen LogP contribution is 2.12. The van der Waals surface area contributed by atoms with Gasteiger partial charge in [-0.1, -0.05) is 0 Å². The second kappa shape index (κ2) is 5.96. The van der Waals surface area contributed by atoms with Crippen LogP contribution in [-0.4, -0.2) is 83.3 Å². The van der Waals surface area contributed by atoms with Crippen molar-refractivity contribution in [1.82, 2.24) is 24.7 Å². The number of amides is 2. The number of nitrogens with zero attached hydrogens (tertiary/aromatic N) is 5. The highest BCUT2D eigenvalue weighted by molar-refractivity contribution is 5.92. The molecule has 20 heavy (non-hydrogen) atoms. The average molecular weight is 277 g/mol. The molecule has 2 amide bonds. The summed E-state index contributed by atoms with van der Waals surface area (Å²) in [5.41, 5.74) is 0.313. The van der Waals surface area contributed by atoms with Crippen molar-refractivity contribution in [2.24, 2.45) is 0 Å². The molecule has 7 heteroatoms. The predicted molar refractivity (Wildman–Crippen MR) is 73.0 cm³/mol. The van der Waals surface area contributed by atoms with E-state index < -0.39 is 0 Å². The lowest BCUT2D eigenvalue weighted by Gasteiger charge is -2.39. The summed E-state index contributed by atoms with van der Waals surface area (Å²) >= 11 is 0. The molecule has 1 saturated heterocycles.